The van der Waals surface area contributed by atoms with Gasteiger partial charge in [0.2, 0.25) is 0 Å². The van der Waals surface area contributed by atoms with Gasteiger partial charge < -0.3 is 55.6 Å². The molecular weight excluding hydrogens is 370 g/mol. The predicted octanol–water partition coefficient (Wildman–Crippen LogP) is -5.23. The van der Waals surface area contributed by atoms with Crippen molar-refractivity contribution in [2.45, 2.75) is 68.5 Å². The molecule has 1 aliphatic rings. The Morgan fingerprint density at radius 2 is 1.74 bits per heavy atom. The first-order valence-electron chi connectivity index (χ1n) is 8.58. The third-order valence-corrected chi connectivity index (χ3v) is 4.18. The molecule has 1 saturated heterocycles. The summed E-state index contributed by atoms with van der Waals surface area (Å²) in [6.45, 7) is 0.331. The fourth-order valence-electron chi connectivity index (χ4n) is 2.52. The Morgan fingerprint density at radius 3 is 2.26 bits per heavy atom. The number of aliphatic hydroxyl groups excluding tert-OH is 8. The van der Waals surface area contributed by atoms with E-state index in [9.17, 15) is 35.4 Å². The summed E-state index contributed by atoms with van der Waals surface area (Å²) in [7, 11) is 0. The zero-order valence-electron chi connectivity index (χ0n) is 14.8. The van der Waals surface area contributed by atoms with E-state index in [1.807, 2.05) is 0 Å². The predicted molar refractivity (Wildman–Crippen MR) is 87.0 cm³/mol. The fourth-order valence-corrected chi connectivity index (χ4v) is 2.52. The van der Waals surface area contributed by atoms with Crippen LogP contribution >= 0.6 is 0 Å². The summed E-state index contributed by atoms with van der Waals surface area (Å²) in [5.74, 6) is -0.947. The quantitative estimate of drug-likeness (QED) is 0.169. The van der Waals surface area contributed by atoms with Crippen LogP contribution in [0.4, 0.5) is 0 Å². The Bertz CT molecular complexity index is 451. The van der Waals surface area contributed by atoms with Gasteiger partial charge in [0, 0.05) is 6.54 Å². The molecule has 0 bridgehead atoms. The van der Waals surface area contributed by atoms with Crippen LogP contribution < -0.4 is 5.32 Å². The van der Waals surface area contributed by atoms with E-state index in [1.54, 1.807) is 6.92 Å². The molecule has 0 spiro atoms. The van der Waals surface area contributed by atoms with Gasteiger partial charge in [0.15, 0.2) is 12.4 Å². The first kappa shape index (κ1) is 24.1. The smallest absolute Gasteiger partial charge is 0.251 e. The summed E-state index contributed by atoms with van der Waals surface area (Å²) in [6, 6.07) is 0. The van der Waals surface area contributed by atoms with Crippen molar-refractivity contribution >= 4 is 5.91 Å². The number of hydrogen-bond donors (Lipinski definition) is 9. The topological polar surface area (TPSA) is 209 Å². The molecule has 160 valence electrons. The number of amides is 1. The molecule has 0 aromatic rings. The number of rotatable bonds is 10. The van der Waals surface area contributed by atoms with Gasteiger partial charge in [0.25, 0.3) is 5.91 Å². The molecule has 1 rings (SSSR count). The van der Waals surface area contributed by atoms with Crippen LogP contribution in [-0.2, 0) is 14.3 Å². The van der Waals surface area contributed by atoms with Gasteiger partial charge in [-0.15, -0.1) is 0 Å². The Labute approximate surface area is 155 Å². The van der Waals surface area contributed by atoms with Crippen molar-refractivity contribution in [3.8, 4) is 0 Å². The van der Waals surface area contributed by atoms with Gasteiger partial charge in [-0.05, 0) is 6.42 Å². The summed E-state index contributed by atoms with van der Waals surface area (Å²) < 4.78 is 10.3. The van der Waals surface area contributed by atoms with Gasteiger partial charge >= 0.3 is 0 Å². The number of carbonyl (C=O) groups excluding carboxylic acids is 1. The zero-order chi connectivity index (χ0) is 20.7. The standard InChI is InChI=1S/C15H29NO11/c1-2-3-16-14(25)11(23)10(22)13(6(19)4-17)27-15-12(24)9(21)8(20)7(5-18)26-15/h6-13,15,17-24H,2-5H2,1H3,(H,16,25)/t6-,7-,8-,9+,10-,11-,12-,13-,15-/m1/s1. The summed E-state index contributed by atoms with van der Waals surface area (Å²) >= 11 is 0. The van der Waals surface area contributed by atoms with E-state index in [0.717, 1.165) is 0 Å². The highest BCUT2D eigenvalue weighted by molar-refractivity contribution is 5.81. The van der Waals surface area contributed by atoms with E-state index in [2.05, 4.69) is 5.32 Å². The van der Waals surface area contributed by atoms with Gasteiger partial charge in [0.1, 0.15) is 42.7 Å². The van der Waals surface area contributed by atoms with Crippen LogP contribution in [0.5, 0.6) is 0 Å². The molecule has 12 heteroatoms. The first-order chi connectivity index (χ1) is 12.7. The van der Waals surface area contributed by atoms with Crippen LogP contribution in [0, 0.1) is 0 Å². The number of hydrogen-bond acceptors (Lipinski definition) is 11. The van der Waals surface area contributed by atoms with E-state index in [1.165, 1.54) is 0 Å². The van der Waals surface area contributed by atoms with Gasteiger partial charge in [-0.1, -0.05) is 6.92 Å². The normalized spacial score (nSPS) is 33.1. The molecule has 0 radical (unpaired) electrons. The lowest BCUT2D eigenvalue weighted by Crippen LogP contribution is -2.62. The molecule has 1 aliphatic heterocycles. The maximum absolute atomic E-state index is 11.8. The van der Waals surface area contributed by atoms with Crippen molar-refractivity contribution in [1.82, 2.24) is 5.32 Å². The number of ether oxygens (including phenoxy) is 2. The monoisotopic (exact) mass is 399 g/mol. The fraction of sp³-hybridized carbons (Fsp3) is 0.933. The first-order valence-corrected chi connectivity index (χ1v) is 8.58. The van der Waals surface area contributed by atoms with E-state index in [4.69, 9.17) is 19.7 Å². The van der Waals surface area contributed by atoms with Crippen LogP contribution in [0.25, 0.3) is 0 Å². The summed E-state index contributed by atoms with van der Waals surface area (Å²) in [5.41, 5.74) is 0. The molecule has 27 heavy (non-hydrogen) atoms. The van der Waals surface area contributed by atoms with Gasteiger partial charge in [0.05, 0.1) is 13.2 Å². The lowest BCUT2D eigenvalue weighted by molar-refractivity contribution is -0.326. The molecule has 12 nitrogen and oxygen atoms in total. The van der Waals surface area contributed by atoms with Crippen LogP contribution in [0.3, 0.4) is 0 Å². The summed E-state index contributed by atoms with van der Waals surface area (Å²) in [4.78, 5) is 11.8. The molecule has 0 saturated carbocycles. The second-order valence-electron chi connectivity index (χ2n) is 6.27. The van der Waals surface area contributed by atoms with Crippen molar-refractivity contribution < 1.29 is 55.1 Å². The molecule has 1 amide bonds. The van der Waals surface area contributed by atoms with Crippen LogP contribution in [-0.4, -0.2) is 122 Å². The van der Waals surface area contributed by atoms with Crippen LogP contribution in [0.15, 0.2) is 0 Å². The Hall–Kier alpha value is -0.930. The Balaban J connectivity index is 2.92. The molecule has 0 aromatic carbocycles. The number of carbonyl (C=O) groups is 1. The second kappa shape index (κ2) is 11.2. The van der Waals surface area contributed by atoms with Crippen molar-refractivity contribution in [1.29, 1.82) is 0 Å². The molecule has 1 heterocycles. The van der Waals surface area contributed by atoms with Crippen molar-refractivity contribution in [3.05, 3.63) is 0 Å². The lowest BCUT2D eigenvalue weighted by Gasteiger charge is -2.42. The lowest BCUT2D eigenvalue weighted by atomic mass is 9.98. The third-order valence-electron chi connectivity index (χ3n) is 4.18. The maximum Gasteiger partial charge on any atom is 0.251 e. The van der Waals surface area contributed by atoms with E-state index in [0.29, 0.717) is 6.42 Å². The molecule has 0 aromatic heterocycles. The third kappa shape index (κ3) is 6.02. The minimum atomic E-state index is -2.03. The minimum absolute atomic E-state index is 0.226. The molecule has 0 aliphatic carbocycles. The van der Waals surface area contributed by atoms with E-state index < -0.39 is 74.2 Å². The Kier molecular flexibility index (Phi) is 9.97. The van der Waals surface area contributed by atoms with Crippen molar-refractivity contribution in [3.63, 3.8) is 0 Å². The highest BCUT2D eigenvalue weighted by Crippen LogP contribution is 2.25. The second-order valence-corrected chi connectivity index (χ2v) is 6.27. The zero-order valence-corrected chi connectivity index (χ0v) is 14.8. The van der Waals surface area contributed by atoms with Crippen LogP contribution in [0.1, 0.15) is 13.3 Å². The molecule has 0 unspecified atom stereocenters. The minimum Gasteiger partial charge on any atom is -0.394 e. The number of aliphatic hydroxyl groups is 8. The Morgan fingerprint density at radius 1 is 1.11 bits per heavy atom. The highest BCUT2D eigenvalue weighted by atomic mass is 16.7. The highest BCUT2D eigenvalue weighted by Gasteiger charge is 2.47. The van der Waals surface area contributed by atoms with E-state index in [-0.39, 0.29) is 6.54 Å². The SMILES string of the molecule is CCCNC(=O)[C@H](O)[C@@H](O)[C@H](O[C@H]1O[C@H](CO)[C@@H](O)[C@H](O)[C@H]1O)[C@H](O)CO. The van der Waals surface area contributed by atoms with Crippen molar-refractivity contribution in [2.75, 3.05) is 19.8 Å². The maximum atomic E-state index is 11.8. The molecule has 9 N–H and O–H groups in total. The van der Waals surface area contributed by atoms with Gasteiger partial charge in [-0.2, -0.15) is 0 Å². The molecule has 1 fully saturated rings. The molecule has 9 atom stereocenters. The van der Waals surface area contributed by atoms with Gasteiger partial charge in [-0.25, -0.2) is 0 Å². The van der Waals surface area contributed by atoms with Crippen molar-refractivity contribution in [2.24, 2.45) is 0 Å². The number of nitrogens with one attached hydrogen (secondary N) is 1. The average molecular weight is 399 g/mol. The summed E-state index contributed by atoms with van der Waals surface area (Å²) in [6.07, 6.45) is -15.4. The van der Waals surface area contributed by atoms with E-state index >= 15 is 0 Å². The summed E-state index contributed by atoms with van der Waals surface area (Å²) in [5, 5.41) is 80.1. The van der Waals surface area contributed by atoms with Gasteiger partial charge in [-0.3, -0.25) is 4.79 Å². The van der Waals surface area contributed by atoms with Crippen LogP contribution in [0.2, 0.25) is 0 Å². The average Bonchev–Trinajstić information content (AvgIpc) is 2.68. The molecular formula is C15H29NO11. The largest absolute Gasteiger partial charge is 0.394 e.